The molecule has 2 aromatic carbocycles. The molecule has 88 valence electrons. The lowest BCUT2D eigenvalue weighted by molar-refractivity contribution is 0.589. The molecule has 0 radical (unpaired) electrons. The van der Waals surface area contributed by atoms with E-state index in [0.717, 1.165) is 5.56 Å². The van der Waals surface area contributed by atoms with E-state index < -0.39 is 11.6 Å². The number of hydrogen-bond acceptors (Lipinski definition) is 1. The van der Waals surface area contributed by atoms with Crippen LogP contribution in [0.25, 0.3) is 11.1 Å². The number of rotatable bonds is 3. The molecular weight excluding hydrogens is 220 g/mol. The van der Waals surface area contributed by atoms with Gasteiger partial charge in [-0.3, -0.25) is 0 Å². The van der Waals surface area contributed by atoms with E-state index in [4.69, 9.17) is 0 Å². The van der Waals surface area contributed by atoms with Crippen molar-refractivity contribution < 1.29 is 8.78 Å². The largest absolute Gasteiger partial charge is 0.316 e. The van der Waals surface area contributed by atoms with Gasteiger partial charge in [-0.05, 0) is 36.4 Å². The molecule has 2 rings (SSSR count). The SMILES string of the molecule is CNCc1cccc(-c2c(F)cccc2F)c1. The van der Waals surface area contributed by atoms with Crippen LogP contribution in [0, 0.1) is 11.6 Å². The standard InChI is InChI=1S/C14H13F2N/c1-17-9-10-4-2-5-11(8-10)14-12(15)6-3-7-13(14)16/h2-8,17H,9H2,1H3. The molecule has 0 aliphatic rings. The summed E-state index contributed by atoms with van der Waals surface area (Å²) in [5.41, 5.74) is 1.59. The van der Waals surface area contributed by atoms with Crippen LogP contribution < -0.4 is 5.32 Å². The molecule has 0 aliphatic carbocycles. The summed E-state index contributed by atoms with van der Waals surface area (Å²) in [6.07, 6.45) is 0. The smallest absolute Gasteiger partial charge is 0.133 e. The Bertz CT molecular complexity index is 503. The molecule has 0 fully saturated rings. The molecule has 0 aliphatic heterocycles. The highest BCUT2D eigenvalue weighted by molar-refractivity contribution is 5.65. The quantitative estimate of drug-likeness (QED) is 0.857. The fourth-order valence-electron chi connectivity index (χ4n) is 1.81. The molecule has 1 N–H and O–H groups in total. The fraction of sp³-hybridized carbons (Fsp3) is 0.143. The Morgan fingerprint density at radius 2 is 1.65 bits per heavy atom. The van der Waals surface area contributed by atoms with Crippen molar-refractivity contribution in [1.29, 1.82) is 0 Å². The van der Waals surface area contributed by atoms with Gasteiger partial charge in [0.15, 0.2) is 0 Å². The van der Waals surface area contributed by atoms with Crippen LogP contribution in [-0.4, -0.2) is 7.05 Å². The van der Waals surface area contributed by atoms with E-state index in [2.05, 4.69) is 5.32 Å². The number of nitrogens with one attached hydrogen (secondary N) is 1. The maximum atomic E-state index is 13.6. The second kappa shape index (κ2) is 5.06. The summed E-state index contributed by atoms with van der Waals surface area (Å²) >= 11 is 0. The van der Waals surface area contributed by atoms with Gasteiger partial charge in [-0.1, -0.05) is 24.3 Å². The number of halogens is 2. The van der Waals surface area contributed by atoms with Gasteiger partial charge in [-0.15, -0.1) is 0 Å². The first-order valence-corrected chi connectivity index (χ1v) is 5.40. The molecule has 0 aromatic heterocycles. The van der Waals surface area contributed by atoms with Gasteiger partial charge in [0.05, 0.1) is 5.56 Å². The fourth-order valence-corrected chi connectivity index (χ4v) is 1.81. The maximum absolute atomic E-state index is 13.6. The topological polar surface area (TPSA) is 12.0 Å². The zero-order valence-corrected chi connectivity index (χ0v) is 9.50. The molecule has 0 spiro atoms. The van der Waals surface area contributed by atoms with Crippen LogP contribution in [-0.2, 0) is 6.54 Å². The van der Waals surface area contributed by atoms with Crippen LogP contribution in [0.2, 0.25) is 0 Å². The summed E-state index contributed by atoms with van der Waals surface area (Å²) in [7, 11) is 1.83. The van der Waals surface area contributed by atoms with E-state index >= 15 is 0 Å². The van der Waals surface area contributed by atoms with Gasteiger partial charge >= 0.3 is 0 Å². The third-order valence-corrected chi connectivity index (χ3v) is 2.56. The average molecular weight is 233 g/mol. The molecule has 0 bridgehead atoms. The highest BCUT2D eigenvalue weighted by Crippen LogP contribution is 2.26. The average Bonchev–Trinajstić information content (AvgIpc) is 2.30. The summed E-state index contributed by atoms with van der Waals surface area (Å²) in [6.45, 7) is 0.671. The molecule has 17 heavy (non-hydrogen) atoms. The highest BCUT2D eigenvalue weighted by atomic mass is 19.1. The monoisotopic (exact) mass is 233 g/mol. The van der Waals surface area contributed by atoms with Crippen molar-refractivity contribution in [2.45, 2.75) is 6.54 Å². The molecule has 0 saturated carbocycles. The molecule has 0 amide bonds. The van der Waals surface area contributed by atoms with Crippen molar-refractivity contribution in [2.24, 2.45) is 0 Å². The van der Waals surface area contributed by atoms with E-state index in [1.807, 2.05) is 13.1 Å². The Hall–Kier alpha value is -1.74. The lowest BCUT2D eigenvalue weighted by Crippen LogP contribution is -2.04. The van der Waals surface area contributed by atoms with Crippen LogP contribution in [0.1, 0.15) is 5.56 Å². The zero-order valence-electron chi connectivity index (χ0n) is 9.50. The molecule has 0 heterocycles. The first kappa shape index (κ1) is 11.7. The predicted octanol–water partition coefficient (Wildman–Crippen LogP) is 3.35. The molecule has 3 heteroatoms. The third-order valence-electron chi connectivity index (χ3n) is 2.56. The van der Waals surface area contributed by atoms with Crippen molar-refractivity contribution in [3.8, 4) is 11.1 Å². The highest BCUT2D eigenvalue weighted by Gasteiger charge is 2.10. The normalized spacial score (nSPS) is 10.5. The van der Waals surface area contributed by atoms with E-state index in [9.17, 15) is 8.78 Å². The first-order valence-electron chi connectivity index (χ1n) is 5.40. The van der Waals surface area contributed by atoms with Crippen molar-refractivity contribution >= 4 is 0 Å². The minimum atomic E-state index is -0.536. The van der Waals surface area contributed by atoms with Crippen LogP contribution in [0.15, 0.2) is 42.5 Å². The lowest BCUT2D eigenvalue weighted by Gasteiger charge is -2.07. The third kappa shape index (κ3) is 2.50. The van der Waals surface area contributed by atoms with E-state index in [-0.39, 0.29) is 5.56 Å². The summed E-state index contributed by atoms with van der Waals surface area (Å²) in [5, 5.41) is 3.00. The van der Waals surface area contributed by atoms with Crippen LogP contribution in [0.5, 0.6) is 0 Å². The predicted molar refractivity (Wildman–Crippen MR) is 64.6 cm³/mol. The summed E-state index contributed by atoms with van der Waals surface area (Å²) < 4.78 is 27.2. The summed E-state index contributed by atoms with van der Waals surface area (Å²) in [6, 6.07) is 11.1. The van der Waals surface area contributed by atoms with Gasteiger partial charge in [0.1, 0.15) is 11.6 Å². The van der Waals surface area contributed by atoms with Gasteiger partial charge in [-0.2, -0.15) is 0 Å². The second-order valence-corrected chi connectivity index (χ2v) is 3.83. The minimum absolute atomic E-state index is 0.0328. The molecular formula is C14H13F2N. The van der Waals surface area contributed by atoms with E-state index in [1.54, 1.807) is 18.2 Å². The number of benzene rings is 2. The van der Waals surface area contributed by atoms with Gasteiger partial charge in [0, 0.05) is 6.54 Å². The summed E-state index contributed by atoms with van der Waals surface area (Å²) in [4.78, 5) is 0. The van der Waals surface area contributed by atoms with Crippen molar-refractivity contribution in [3.05, 3.63) is 59.7 Å². The Morgan fingerprint density at radius 3 is 2.29 bits per heavy atom. The van der Waals surface area contributed by atoms with Gasteiger partial charge in [0.25, 0.3) is 0 Å². The number of hydrogen-bond donors (Lipinski definition) is 1. The Balaban J connectivity index is 2.49. The molecule has 1 nitrogen and oxygen atoms in total. The maximum Gasteiger partial charge on any atom is 0.133 e. The second-order valence-electron chi connectivity index (χ2n) is 3.83. The first-order chi connectivity index (χ1) is 8.22. The van der Waals surface area contributed by atoms with Gasteiger partial charge in [0.2, 0.25) is 0 Å². The van der Waals surface area contributed by atoms with Crippen molar-refractivity contribution in [1.82, 2.24) is 5.32 Å². The van der Waals surface area contributed by atoms with Gasteiger partial charge < -0.3 is 5.32 Å². The summed E-state index contributed by atoms with van der Waals surface area (Å²) in [5.74, 6) is -1.07. The van der Waals surface area contributed by atoms with Gasteiger partial charge in [-0.25, -0.2) is 8.78 Å². The van der Waals surface area contributed by atoms with Crippen LogP contribution in [0.3, 0.4) is 0 Å². The van der Waals surface area contributed by atoms with E-state index in [1.165, 1.54) is 18.2 Å². The Kier molecular flexibility index (Phi) is 3.49. The van der Waals surface area contributed by atoms with Crippen molar-refractivity contribution in [2.75, 3.05) is 7.05 Å². The molecule has 0 atom stereocenters. The van der Waals surface area contributed by atoms with Crippen LogP contribution >= 0.6 is 0 Å². The molecule has 2 aromatic rings. The Morgan fingerprint density at radius 1 is 1.00 bits per heavy atom. The zero-order chi connectivity index (χ0) is 12.3. The lowest BCUT2D eigenvalue weighted by atomic mass is 10.0. The Labute approximate surface area is 99.1 Å². The molecule has 0 unspecified atom stereocenters. The van der Waals surface area contributed by atoms with Crippen molar-refractivity contribution in [3.63, 3.8) is 0 Å². The minimum Gasteiger partial charge on any atom is -0.316 e. The molecule has 0 saturated heterocycles. The van der Waals surface area contributed by atoms with E-state index in [0.29, 0.717) is 12.1 Å². The van der Waals surface area contributed by atoms with Crippen LogP contribution in [0.4, 0.5) is 8.78 Å².